The third-order valence-electron chi connectivity index (χ3n) is 3.65. The van der Waals surface area contributed by atoms with E-state index >= 15 is 0 Å². The highest BCUT2D eigenvalue weighted by Crippen LogP contribution is 2.27. The number of hydrogen-bond donors (Lipinski definition) is 1. The lowest BCUT2D eigenvalue weighted by molar-refractivity contribution is -0.112. The van der Waals surface area contributed by atoms with Crippen molar-refractivity contribution in [1.29, 1.82) is 5.26 Å². The first-order valence-electron chi connectivity index (χ1n) is 7.88. The molecule has 0 spiro atoms. The molecule has 2 aromatic rings. The second-order valence-corrected chi connectivity index (χ2v) is 6.37. The number of anilines is 1. The summed E-state index contributed by atoms with van der Waals surface area (Å²) in [4.78, 5) is 12.5. The van der Waals surface area contributed by atoms with Gasteiger partial charge in [0, 0.05) is 5.69 Å². The van der Waals surface area contributed by atoms with E-state index in [1.54, 1.807) is 18.2 Å². The number of aryl methyl sites for hydroxylation is 2. The van der Waals surface area contributed by atoms with Crippen molar-refractivity contribution in [2.75, 3.05) is 11.9 Å². The first kappa shape index (κ1) is 18.8. The van der Waals surface area contributed by atoms with Crippen LogP contribution in [0.3, 0.4) is 0 Å². The summed E-state index contributed by atoms with van der Waals surface area (Å²) in [5.74, 6) is 0.294. The Kier molecular flexibility index (Phi) is 6.37. The van der Waals surface area contributed by atoms with Gasteiger partial charge in [0.2, 0.25) is 0 Å². The lowest BCUT2D eigenvalue weighted by Crippen LogP contribution is -2.15. The SMILES string of the molecule is CCOc1ccc(/C=C(/C#N)C(=O)Nc2c(C)cccc2C)cc1Br. The number of benzene rings is 2. The van der Waals surface area contributed by atoms with E-state index in [9.17, 15) is 10.1 Å². The van der Waals surface area contributed by atoms with Crippen molar-refractivity contribution >= 4 is 33.6 Å². The average molecular weight is 399 g/mol. The first-order chi connectivity index (χ1) is 12.0. The van der Waals surface area contributed by atoms with Crippen molar-refractivity contribution in [2.45, 2.75) is 20.8 Å². The van der Waals surface area contributed by atoms with Crippen LogP contribution in [0.5, 0.6) is 5.75 Å². The Morgan fingerprint density at radius 1 is 1.28 bits per heavy atom. The predicted octanol–water partition coefficient (Wildman–Crippen LogP) is 5.01. The Labute approximate surface area is 156 Å². The van der Waals surface area contributed by atoms with Gasteiger partial charge in [0.05, 0.1) is 11.1 Å². The summed E-state index contributed by atoms with van der Waals surface area (Å²) in [6.07, 6.45) is 1.56. The maximum atomic E-state index is 12.5. The van der Waals surface area contributed by atoms with Gasteiger partial charge in [0.15, 0.2) is 0 Å². The van der Waals surface area contributed by atoms with Crippen molar-refractivity contribution in [3.63, 3.8) is 0 Å². The second kappa shape index (κ2) is 8.50. The van der Waals surface area contributed by atoms with Crippen LogP contribution in [0.4, 0.5) is 5.69 Å². The van der Waals surface area contributed by atoms with Crippen LogP contribution in [-0.2, 0) is 4.79 Å². The van der Waals surface area contributed by atoms with E-state index in [4.69, 9.17) is 4.74 Å². The maximum Gasteiger partial charge on any atom is 0.266 e. The molecule has 2 rings (SSSR count). The number of para-hydroxylation sites is 1. The van der Waals surface area contributed by atoms with Crippen molar-refractivity contribution in [3.05, 3.63) is 63.1 Å². The van der Waals surface area contributed by atoms with Crippen LogP contribution >= 0.6 is 15.9 Å². The summed E-state index contributed by atoms with van der Waals surface area (Å²) in [5, 5.41) is 12.2. The van der Waals surface area contributed by atoms with Gasteiger partial charge in [-0.25, -0.2) is 0 Å². The number of ether oxygens (including phenoxy) is 1. The number of halogens is 1. The topological polar surface area (TPSA) is 62.1 Å². The Balaban J connectivity index is 2.27. The van der Waals surface area contributed by atoms with Crippen LogP contribution in [-0.4, -0.2) is 12.5 Å². The molecule has 0 aliphatic carbocycles. The molecule has 0 aliphatic heterocycles. The fraction of sp³-hybridized carbons (Fsp3) is 0.200. The third kappa shape index (κ3) is 4.71. The molecule has 0 saturated heterocycles. The molecular weight excluding hydrogens is 380 g/mol. The average Bonchev–Trinajstić information content (AvgIpc) is 2.58. The zero-order valence-corrected chi connectivity index (χ0v) is 16.0. The third-order valence-corrected chi connectivity index (χ3v) is 4.27. The van der Waals surface area contributed by atoms with Crippen molar-refractivity contribution in [1.82, 2.24) is 0 Å². The van der Waals surface area contributed by atoms with Gasteiger partial charge >= 0.3 is 0 Å². The number of amides is 1. The van der Waals surface area contributed by atoms with E-state index in [0.29, 0.717) is 6.61 Å². The monoisotopic (exact) mass is 398 g/mol. The second-order valence-electron chi connectivity index (χ2n) is 5.51. The molecule has 0 fully saturated rings. The van der Waals surface area contributed by atoms with Gasteiger partial charge in [-0.05, 0) is 71.6 Å². The van der Waals surface area contributed by atoms with Crippen LogP contribution in [0.2, 0.25) is 0 Å². The van der Waals surface area contributed by atoms with E-state index in [0.717, 1.165) is 32.6 Å². The number of hydrogen-bond acceptors (Lipinski definition) is 3. The lowest BCUT2D eigenvalue weighted by atomic mass is 10.1. The molecule has 2 aromatic carbocycles. The maximum absolute atomic E-state index is 12.5. The van der Waals surface area contributed by atoms with Gasteiger partial charge in [-0.1, -0.05) is 24.3 Å². The molecular formula is C20H19BrN2O2. The normalized spacial score (nSPS) is 10.9. The largest absolute Gasteiger partial charge is 0.493 e. The van der Waals surface area contributed by atoms with Crippen LogP contribution in [0.15, 0.2) is 46.4 Å². The quantitative estimate of drug-likeness (QED) is 0.568. The lowest BCUT2D eigenvalue weighted by Gasteiger charge is -2.11. The number of nitrogens with one attached hydrogen (secondary N) is 1. The minimum atomic E-state index is -0.426. The summed E-state index contributed by atoms with van der Waals surface area (Å²) >= 11 is 3.43. The molecule has 25 heavy (non-hydrogen) atoms. The number of nitrogens with zero attached hydrogens (tertiary/aromatic N) is 1. The predicted molar refractivity (Wildman–Crippen MR) is 103 cm³/mol. The standard InChI is InChI=1S/C20H19BrN2O2/c1-4-25-18-9-8-15(11-17(18)21)10-16(12-22)20(24)23-19-13(2)6-5-7-14(19)3/h5-11H,4H2,1-3H3,(H,23,24)/b16-10-. The minimum absolute atomic E-state index is 0.0405. The van der Waals surface area contributed by atoms with Crippen LogP contribution in [0.25, 0.3) is 6.08 Å². The van der Waals surface area contributed by atoms with Gasteiger partial charge in [-0.2, -0.15) is 5.26 Å². The molecule has 1 N–H and O–H groups in total. The van der Waals surface area contributed by atoms with Crippen molar-refractivity contribution in [3.8, 4) is 11.8 Å². The molecule has 0 heterocycles. The van der Waals surface area contributed by atoms with Crippen LogP contribution < -0.4 is 10.1 Å². The zero-order valence-electron chi connectivity index (χ0n) is 14.4. The molecule has 0 atom stereocenters. The zero-order chi connectivity index (χ0) is 18.4. The summed E-state index contributed by atoms with van der Waals surface area (Å²) < 4.78 is 6.24. The molecule has 0 bridgehead atoms. The molecule has 4 nitrogen and oxygen atoms in total. The summed E-state index contributed by atoms with van der Waals surface area (Å²) in [6, 6.07) is 13.2. The van der Waals surface area contributed by atoms with Crippen molar-refractivity contribution < 1.29 is 9.53 Å². The fourth-order valence-electron chi connectivity index (χ4n) is 2.39. The van der Waals surface area contributed by atoms with E-state index in [2.05, 4.69) is 21.2 Å². The highest BCUT2D eigenvalue weighted by atomic mass is 79.9. The molecule has 5 heteroatoms. The number of nitriles is 1. The minimum Gasteiger partial charge on any atom is -0.493 e. The Morgan fingerprint density at radius 2 is 1.96 bits per heavy atom. The van der Waals surface area contributed by atoms with Gasteiger partial charge in [-0.3, -0.25) is 4.79 Å². The fourth-order valence-corrected chi connectivity index (χ4v) is 2.90. The first-order valence-corrected chi connectivity index (χ1v) is 8.67. The summed E-state index contributed by atoms with van der Waals surface area (Å²) in [5.41, 5.74) is 3.42. The summed E-state index contributed by atoms with van der Waals surface area (Å²) in [7, 11) is 0. The van der Waals surface area contributed by atoms with E-state index < -0.39 is 5.91 Å². The van der Waals surface area contributed by atoms with Crippen LogP contribution in [0.1, 0.15) is 23.6 Å². The molecule has 0 radical (unpaired) electrons. The summed E-state index contributed by atoms with van der Waals surface area (Å²) in [6.45, 7) is 6.31. The van der Waals surface area contributed by atoms with Gasteiger partial charge in [-0.15, -0.1) is 0 Å². The highest BCUT2D eigenvalue weighted by molar-refractivity contribution is 9.10. The van der Waals surface area contributed by atoms with Gasteiger partial charge in [0.25, 0.3) is 5.91 Å². The Bertz CT molecular complexity index is 846. The molecule has 0 saturated carbocycles. The van der Waals surface area contributed by atoms with Gasteiger partial charge in [0.1, 0.15) is 17.4 Å². The van der Waals surface area contributed by atoms with E-state index in [-0.39, 0.29) is 5.57 Å². The number of carbonyl (C=O) groups excluding carboxylic acids is 1. The smallest absolute Gasteiger partial charge is 0.266 e. The molecule has 0 unspecified atom stereocenters. The highest BCUT2D eigenvalue weighted by Gasteiger charge is 2.12. The Morgan fingerprint density at radius 3 is 2.52 bits per heavy atom. The Hall–Kier alpha value is -2.58. The molecule has 0 aliphatic rings. The molecule has 0 aromatic heterocycles. The van der Waals surface area contributed by atoms with Crippen molar-refractivity contribution in [2.24, 2.45) is 0 Å². The van der Waals surface area contributed by atoms with E-state index in [1.165, 1.54) is 0 Å². The van der Waals surface area contributed by atoms with Crippen LogP contribution in [0, 0.1) is 25.2 Å². The van der Waals surface area contributed by atoms with E-state index in [1.807, 2.05) is 51.1 Å². The van der Waals surface area contributed by atoms with Gasteiger partial charge < -0.3 is 10.1 Å². The molecule has 128 valence electrons. The number of carbonyl (C=O) groups is 1. The number of rotatable bonds is 5. The molecule has 1 amide bonds.